The van der Waals surface area contributed by atoms with E-state index in [-0.39, 0.29) is 12.0 Å². The second-order valence-electron chi connectivity index (χ2n) is 4.16. The van der Waals surface area contributed by atoms with Crippen molar-refractivity contribution >= 4 is 5.91 Å². The third kappa shape index (κ3) is 2.77. The summed E-state index contributed by atoms with van der Waals surface area (Å²) in [7, 11) is 1.61. The number of hydrogen-bond acceptors (Lipinski definition) is 3. The Labute approximate surface area is 101 Å². The van der Waals surface area contributed by atoms with Gasteiger partial charge in [0.1, 0.15) is 5.75 Å². The van der Waals surface area contributed by atoms with Crippen molar-refractivity contribution in [3.05, 3.63) is 29.8 Å². The molecule has 1 aliphatic heterocycles. The smallest absolute Gasteiger partial charge is 0.254 e. The van der Waals surface area contributed by atoms with Gasteiger partial charge in [-0.1, -0.05) is 0 Å². The van der Waals surface area contributed by atoms with E-state index >= 15 is 0 Å². The summed E-state index contributed by atoms with van der Waals surface area (Å²) in [5.41, 5.74) is 0.694. The van der Waals surface area contributed by atoms with Gasteiger partial charge >= 0.3 is 0 Å². The minimum absolute atomic E-state index is 0.0582. The van der Waals surface area contributed by atoms with Crippen LogP contribution in [0.2, 0.25) is 0 Å². The normalized spacial score (nSPS) is 20.1. The summed E-state index contributed by atoms with van der Waals surface area (Å²) >= 11 is 0. The van der Waals surface area contributed by atoms with Crippen LogP contribution in [0.25, 0.3) is 0 Å². The van der Waals surface area contributed by atoms with Crippen LogP contribution in [0.1, 0.15) is 17.3 Å². The maximum atomic E-state index is 12.2. The maximum Gasteiger partial charge on any atom is 0.254 e. The molecular weight excluding hydrogens is 218 g/mol. The van der Waals surface area contributed by atoms with Crippen LogP contribution in [0.5, 0.6) is 5.75 Å². The molecule has 0 spiro atoms. The summed E-state index contributed by atoms with van der Waals surface area (Å²) in [5.74, 6) is 0.819. The summed E-state index contributed by atoms with van der Waals surface area (Å²) in [6.45, 7) is 3.91. The molecule has 0 N–H and O–H groups in total. The van der Waals surface area contributed by atoms with Crippen molar-refractivity contribution in [2.45, 2.75) is 13.0 Å². The second kappa shape index (κ2) is 5.19. The number of morpholine rings is 1. The van der Waals surface area contributed by atoms with E-state index in [0.717, 1.165) is 5.75 Å². The molecule has 1 aromatic carbocycles. The standard InChI is InChI=1S/C13H17NO3/c1-10-9-14(7-8-17-10)13(15)11-3-5-12(16-2)6-4-11/h3-6,10H,7-9H2,1-2H3. The number of nitrogens with zero attached hydrogens (tertiary/aromatic N) is 1. The number of benzene rings is 1. The molecule has 1 atom stereocenters. The predicted molar refractivity (Wildman–Crippen MR) is 64.3 cm³/mol. The van der Waals surface area contributed by atoms with E-state index < -0.39 is 0 Å². The molecule has 1 saturated heterocycles. The maximum absolute atomic E-state index is 12.2. The van der Waals surface area contributed by atoms with Gasteiger partial charge in [-0.25, -0.2) is 0 Å². The minimum Gasteiger partial charge on any atom is -0.497 e. The molecular formula is C13H17NO3. The van der Waals surface area contributed by atoms with Gasteiger partial charge in [-0.2, -0.15) is 0 Å². The average molecular weight is 235 g/mol. The molecule has 92 valence electrons. The third-order valence-electron chi connectivity index (χ3n) is 2.87. The number of ether oxygens (including phenoxy) is 2. The van der Waals surface area contributed by atoms with Gasteiger partial charge < -0.3 is 14.4 Å². The SMILES string of the molecule is COc1ccc(C(=O)N2CCOC(C)C2)cc1. The summed E-state index contributed by atoms with van der Waals surface area (Å²) in [4.78, 5) is 14.0. The Morgan fingerprint density at radius 3 is 2.71 bits per heavy atom. The van der Waals surface area contributed by atoms with Gasteiger partial charge in [0.05, 0.1) is 19.8 Å². The topological polar surface area (TPSA) is 38.8 Å². The van der Waals surface area contributed by atoms with Gasteiger partial charge in [0, 0.05) is 18.7 Å². The largest absolute Gasteiger partial charge is 0.497 e. The molecule has 1 heterocycles. The van der Waals surface area contributed by atoms with Crippen LogP contribution in [0.15, 0.2) is 24.3 Å². The van der Waals surface area contributed by atoms with E-state index in [9.17, 15) is 4.79 Å². The highest BCUT2D eigenvalue weighted by Gasteiger charge is 2.22. The number of hydrogen-bond donors (Lipinski definition) is 0. The molecule has 0 aromatic heterocycles. The molecule has 1 aliphatic rings. The third-order valence-corrected chi connectivity index (χ3v) is 2.87. The number of rotatable bonds is 2. The van der Waals surface area contributed by atoms with Gasteiger partial charge in [-0.15, -0.1) is 0 Å². The molecule has 1 unspecified atom stereocenters. The Bertz CT molecular complexity index is 388. The van der Waals surface area contributed by atoms with Gasteiger partial charge in [0.25, 0.3) is 5.91 Å². The minimum atomic E-state index is 0.0582. The Kier molecular flexibility index (Phi) is 3.64. The van der Waals surface area contributed by atoms with E-state index in [1.54, 1.807) is 31.4 Å². The van der Waals surface area contributed by atoms with E-state index in [1.165, 1.54) is 0 Å². The fourth-order valence-electron chi connectivity index (χ4n) is 1.92. The van der Waals surface area contributed by atoms with Crippen LogP contribution < -0.4 is 4.74 Å². The first-order valence-corrected chi connectivity index (χ1v) is 5.75. The Hall–Kier alpha value is -1.55. The number of methoxy groups -OCH3 is 1. The van der Waals surface area contributed by atoms with Crippen molar-refractivity contribution in [1.29, 1.82) is 0 Å². The van der Waals surface area contributed by atoms with Crippen LogP contribution >= 0.6 is 0 Å². The number of amides is 1. The van der Waals surface area contributed by atoms with Crippen LogP contribution in [-0.4, -0.2) is 43.7 Å². The van der Waals surface area contributed by atoms with Crippen molar-refractivity contribution in [3.63, 3.8) is 0 Å². The van der Waals surface area contributed by atoms with E-state index in [0.29, 0.717) is 25.3 Å². The first-order valence-electron chi connectivity index (χ1n) is 5.75. The molecule has 1 fully saturated rings. The quantitative estimate of drug-likeness (QED) is 0.780. The lowest BCUT2D eigenvalue weighted by molar-refractivity contribution is -0.0124. The molecule has 1 aromatic rings. The average Bonchev–Trinajstić information content (AvgIpc) is 2.38. The van der Waals surface area contributed by atoms with Crippen molar-refractivity contribution < 1.29 is 14.3 Å². The molecule has 0 aliphatic carbocycles. The van der Waals surface area contributed by atoms with Crippen LogP contribution in [0.3, 0.4) is 0 Å². The number of carbonyl (C=O) groups is 1. The zero-order valence-corrected chi connectivity index (χ0v) is 10.2. The Balaban J connectivity index is 2.07. The van der Waals surface area contributed by atoms with Crippen LogP contribution in [0.4, 0.5) is 0 Å². The molecule has 1 amide bonds. The predicted octanol–water partition coefficient (Wildman–Crippen LogP) is 1.56. The van der Waals surface area contributed by atoms with Crippen molar-refractivity contribution in [2.75, 3.05) is 26.8 Å². The van der Waals surface area contributed by atoms with E-state index in [2.05, 4.69) is 0 Å². The lowest BCUT2D eigenvalue weighted by Gasteiger charge is -2.31. The highest BCUT2D eigenvalue weighted by Crippen LogP contribution is 2.14. The van der Waals surface area contributed by atoms with Crippen LogP contribution in [0, 0.1) is 0 Å². The Morgan fingerprint density at radius 2 is 2.12 bits per heavy atom. The van der Waals surface area contributed by atoms with Gasteiger partial charge in [0.2, 0.25) is 0 Å². The molecule has 4 heteroatoms. The summed E-state index contributed by atoms with van der Waals surface area (Å²) in [6.07, 6.45) is 0.117. The van der Waals surface area contributed by atoms with Crippen molar-refractivity contribution in [2.24, 2.45) is 0 Å². The molecule has 2 rings (SSSR count). The zero-order valence-electron chi connectivity index (χ0n) is 10.2. The summed E-state index contributed by atoms with van der Waals surface area (Å²) < 4.78 is 10.5. The molecule has 0 saturated carbocycles. The second-order valence-corrected chi connectivity index (χ2v) is 4.16. The number of carbonyl (C=O) groups excluding carboxylic acids is 1. The molecule has 17 heavy (non-hydrogen) atoms. The van der Waals surface area contributed by atoms with Crippen LogP contribution in [-0.2, 0) is 4.74 Å². The van der Waals surface area contributed by atoms with Gasteiger partial charge in [-0.3, -0.25) is 4.79 Å². The van der Waals surface area contributed by atoms with Gasteiger partial charge in [0.15, 0.2) is 0 Å². The monoisotopic (exact) mass is 235 g/mol. The molecule has 4 nitrogen and oxygen atoms in total. The summed E-state index contributed by atoms with van der Waals surface area (Å²) in [6, 6.07) is 7.19. The first kappa shape index (κ1) is 11.9. The fraction of sp³-hybridized carbons (Fsp3) is 0.462. The lowest BCUT2D eigenvalue weighted by Crippen LogP contribution is -2.44. The highest BCUT2D eigenvalue weighted by atomic mass is 16.5. The zero-order chi connectivity index (χ0) is 12.3. The van der Waals surface area contributed by atoms with Crippen molar-refractivity contribution in [3.8, 4) is 5.75 Å². The highest BCUT2D eigenvalue weighted by molar-refractivity contribution is 5.94. The molecule has 0 radical (unpaired) electrons. The fourth-order valence-corrected chi connectivity index (χ4v) is 1.92. The first-order chi connectivity index (χ1) is 8.20. The van der Waals surface area contributed by atoms with E-state index in [1.807, 2.05) is 11.8 Å². The van der Waals surface area contributed by atoms with Gasteiger partial charge in [-0.05, 0) is 31.2 Å². The van der Waals surface area contributed by atoms with Crippen molar-refractivity contribution in [1.82, 2.24) is 4.90 Å². The summed E-state index contributed by atoms with van der Waals surface area (Å²) in [5, 5.41) is 0. The molecule has 0 bridgehead atoms. The lowest BCUT2D eigenvalue weighted by atomic mass is 10.1. The van der Waals surface area contributed by atoms with E-state index in [4.69, 9.17) is 9.47 Å². The Morgan fingerprint density at radius 1 is 1.41 bits per heavy atom.